The van der Waals surface area contributed by atoms with Gasteiger partial charge in [-0.1, -0.05) is 29.3 Å². The van der Waals surface area contributed by atoms with Crippen LogP contribution >= 0.6 is 23.2 Å². The molecule has 0 atom stereocenters. The van der Waals surface area contributed by atoms with Gasteiger partial charge in [-0.05, 0) is 67.8 Å². The predicted molar refractivity (Wildman–Crippen MR) is 106 cm³/mol. The molecule has 144 valence electrons. The van der Waals surface area contributed by atoms with Gasteiger partial charge in [0.2, 0.25) is 0 Å². The summed E-state index contributed by atoms with van der Waals surface area (Å²) in [6, 6.07) is 10.9. The van der Waals surface area contributed by atoms with E-state index in [-0.39, 0.29) is 11.6 Å². The molecule has 2 aromatic rings. The molecule has 27 heavy (non-hydrogen) atoms. The third-order valence-electron chi connectivity index (χ3n) is 5.18. The Kier molecular flexibility index (Phi) is 6.53. The summed E-state index contributed by atoms with van der Waals surface area (Å²) in [4.78, 5) is 14.4. The van der Waals surface area contributed by atoms with Gasteiger partial charge in [0.1, 0.15) is 5.82 Å². The predicted octanol–water partition coefficient (Wildman–Crippen LogP) is 5.08. The first-order valence-corrected chi connectivity index (χ1v) is 9.82. The van der Waals surface area contributed by atoms with Gasteiger partial charge in [0, 0.05) is 25.1 Å². The second kappa shape index (κ2) is 8.70. The maximum Gasteiger partial charge on any atom is 0.162 e. The van der Waals surface area contributed by atoms with Crippen LogP contribution in [0.25, 0.3) is 0 Å². The van der Waals surface area contributed by atoms with Crippen LogP contribution in [0.4, 0.5) is 4.39 Å². The summed E-state index contributed by atoms with van der Waals surface area (Å²) >= 11 is 12.0. The Morgan fingerprint density at radius 3 is 2.37 bits per heavy atom. The number of halogens is 3. The summed E-state index contributed by atoms with van der Waals surface area (Å²) in [6.45, 7) is 2.30. The van der Waals surface area contributed by atoms with Crippen molar-refractivity contribution in [3.8, 4) is 0 Å². The molecule has 1 N–H and O–H groups in total. The fourth-order valence-electron chi connectivity index (χ4n) is 3.46. The molecule has 0 bridgehead atoms. The Bertz CT molecular complexity index is 802. The summed E-state index contributed by atoms with van der Waals surface area (Å²) in [5, 5.41) is 11.9. The van der Waals surface area contributed by atoms with Crippen LogP contribution in [-0.2, 0) is 5.60 Å². The third kappa shape index (κ3) is 5.08. The molecule has 0 amide bonds. The molecule has 6 heteroatoms. The van der Waals surface area contributed by atoms with Crippen molar-refractivity contribution in [2.45, 2.75) is 31.3 Å². The average Bonchev–Trinajstić information content (AvgIpc) is 2.66. The lowest BCUT2D eigenvalue weighted by atomic mass is 9.84. The number of Topliss-reactive ketones (excluding diaryl/α,β-unsaturated/α-hetero) is 1. The molecule has 2 aromatic carbocycles. The zero-order chi connectivity index (χ0) is 19.4. The summed E-state index contributed by atoms with van der Waals surface area (Å²) in [6.07, 6.45) is 2.38. The van der Waals surface area contributed by atoms with Crippen LogP contribution in [0.2, 0.25) is 10.0 Å². The number of rotatable bonds is 6. The van der Waals surface area contributed by atoms with Gasteiger partial charge in [0.05, 0.1) is 15.6 Å². The number of piperidine rings is 1. The van der Waals surface area contributed by atoms with Crippen molar-refractivity contribution in [3.05, 3.63) is 69.5 Å². The van der Waals surface area contributed by atoms with Crippen LogP contribution < -0.4 is 0 Å². The molecule has 1 saturated heterocycles. The molecule has 0 aliphatic carbocycles. The number of ketones is 1. The van der Waals surface area contributed by atoms with E-state index in [1.807, 2.05) is 6.07 Å². The standard InChI is InChI=1S/C21H22Cl2FNO2/c22-18-8-5-16(14-19(18)23)21(27)9-12-25(13-10-21)11-1-2-20(26)15-3-6-17(24)7-4-15/h3-8,14,27H,1-2,9-13H2. The highest BCUT2D eigenvalue weighted by Crippen LogP contribution is 2.35. The van der Waals surface area contributed by atoms with E-state index in [4.69, 9.17) is 23.2 Å². The molecule has 0 unspecified atom stereocenters. The van der Waals surface area contributed by atoms with E-state index in [1.54, 1.807) is 12.1 Å². The second-order valence-corrected chi connectivity index (χ2v) is 7.85. The number of benzene rings is 2. The molecule has 1 fully saturated rings. The van der Waals surface area contributed by atoms with Crippen LogP contribution in [0.1, 0.15) is 41.6 Å². The lowest BCUT2D eigenvalue weighted by Crippen LogP contribution is -2.42. The van der Waals surface area contributed by atoms with Crippen LogP contribution in [0, 0.1) is 5.82 Å². The minimum absolute atomic E-state index is 0.0271. The molecule has 0 spiro atoms. The number of aliphatic hydroxyl groups is 1. The van der Waals surface area contributed by atoms with E-state index < -0.39 is 5.60 Å². The zero-order valence-electron chi connectivity index (χ0n) is 14.9. The summed E-state index contributed by atoms with van der Waals surface area (Å²) in [7, 11) is 0. The topological polar surface area (TPSA) is 40.5 Å². The average molecular weight is 410 g/mol. The molecular weight excluding hydrogens is 388 g/mol. The van der Waals surface area contributed by atoms with Gasteiger partial charge in [-0.3, -0.25) is 4.79 Å². The largest absolute Gasteiger partial charge is 0.385 e. The van der Waals surface area contributed by atoms with Gasteiger partial charge in [-0.25, -0.2) is 4.39 Å². The molecule has 0 aromatic heterocycles. The molecule has 3 rings (SSSR count). The van der Waals surface area contributed by atoms with E-state index in [1.165, 1.54) is 24.3 Å². The van der Waals surface area contributed by atoms with Crippen LogP contribution in [0.5, 0.6) is 0 Å². The fourth-order valence-corrected chi connectivity index (χ4v) is 3.76. The van der Waals surface area contributed by atoms with Gasteiger partial charge in [-0.15, -0.1) is 0 Å². The van der Waals surface area contributed by atoms with Crippen molar-refractivity contribution in [2.24, 2.45) is 0 Å². The number of carbonyl (C=O) groups is 1. The Morgan fingerprint density at radius 2 is 1.74 bits per heavy atom. The van der Waals surface area contributed by atoms with E-state index in [9.17, 15) is 14.3 Å². The van der Waals surface area contributed by atoms with Crippen molar-refractivity contribution in [1.82, 2.24) is 4.90 Å². The van der Waals surface area contributed by atoms with Crippen LogP contribution in [-0.4, -0.2) is 35.4 Å². The van der Waals surface area contributed by atoms with Crippen molar-refractivity contribution in [3.63, 3.8) is 0 Å². The normalized spacial score (nSPS) is 17.0. The number of hydrogen-bond acceptors (Lipinski definition) is 3. The first kappa shape index (κ1) is 20.3. The van der Waals surface area contributed by atoms with Crippen molar-refractivity contribution < 1.29 is 14.3 Å². The number of carbonyl (C=O) groups excluding carboxylic acids is 1. The van der Waals surface area contributed by atoms with E-state index in [0.29, 0.717) is 34.9 Å². The minimum atomic E-state index is -0.894. The highest BCUT2D eigenvalue weighted by molar-refractivity contribution is 6.42. The first-order valence-electron chi connectivity index (χ1n) is 9.06. The Hall–Kier alpha value is -1.46. The van der Waals surface area contributed by atoms with E-state index in [0.717, 1.165) is 31.6 Å². The summed E-state index contributed by atoms with van der Waals surface area (Å²) in [5.41, 5.74) is 0.446. The van der Waals surface area contributed by atoms with E-state index >= 15 is 0 Å². The molecule has 1 heterocycles. The number of hydrogen-bond donors (Lipinski definition) is 1. The maximum atomic E-state index is 12.9. The molecule has 0 radical (unpaired) electrons. The summed E-state index contributed by atoms with van der Waals surface area (Å²) < 4.78 is 12.9. The van der Waals surface area contributed by atoms with Gasteiger partial charge in [-0.2, -0.15) is 0 Å². The monoisotopic (exact) mass is 409 g/mol. The highest BCUT2D eigenvalue weighted by Gasteiger charge is 2.34. The molecule has 1 aliphatic heterocycles. The van der Waals surface area contributed by atoms with E-state index in [2.05, 4.69) is 4.90 Å². The van der Waals surface area contributed by atoms with Crippen LogP contribution in [0.3, 0.4) is 0 Å². The quantitative estimate of drug-likeness (QED) is 0.676. The van der Waals surface area contributed by atoms with Crippen molar-refractivity contribution in [2.75, 3.05) is 19.6 Å². The molecule has 3 nitrogen and oxygen atoms in total. The lowest BCUT2D eigenvalue weighted by molar-refractivity contribution is -0.0260. The molecular formula is C21H22Cl2FNO2. The first-order chi connectivity index (χ1) is 12.9. The van der Waals surface area contributed by atoms with Gasteiger partial charge < -0.3 is 10.0 Å². The minimum Gasteiger partial charge on any atom is -0.385 e. The second-order valence-electron chi connectivity index (χ2n) is 7.04. The Morgan fingerprint density at radius 1 is 1.07 bits per heavy atom. The summed E-state index contributed by atoms with van der Waals surface area (Å²) in [5.74, 6) is -0.311. The smallest absolute Gasteiger partial charge is 0.162 e. The molecule has 1 aliphatic rings. The van der Waals surface area contributed by atoms with Crippen molar-refractivity contribution >= 4 is 29.0 Å². The zero-order valence-corrected chi connectivity index (χ0v) is 16.4. The third-order valence-corrected chi connectivity index (χ3v) is 5.92. The highest BCUT2D eigenvalue weighted by atomic mass is 35.5. The number of nitrogens with zero attached hydrogens (tertiary/aromatic N) is 1. The Labute approximate surface area is 168 Å². The van der Waals surface area contributed by atoms with Crippen molar-refractivity contribution in [1.29, 1.82) is 0 Å². The van der Waals surface area contributed by atoms with Gasteiger partial charge >= 0.3 is 0 Å². The number of likely N-dealkylation sites (tertiary alicyclic amines) is 1. The van der Waals surface area contributed by atoms with Crippen LogP contribution in [0.15, 0.2) is 42.5 Å². The van der Waals surface area contributed by atoms with Gasteiger partial charge in [0.15, 0.2) is 5.78 Å². The fraction of sp³-hybridized carbons (Fsp3) is 0.381. The molecule has 0 saturated carbocycles. The lowest BCUT2D eigenvalue weighted by Gasteiger charge is -2.38. The SMILES string of the molecule is O=C(CCCN1CCC(O)(c2ccc(Cl)c(Cl)c2)CC1)c1ccc(F)cc1. The van der Waals surface area contributed by atoms with Gasteiger partial charge in [0.25, 0.3) is 0 Å². The Balaban J connectivity index is 1.47. The maximum absolute atomic E-state index is 12.9.